The molecule has 2 aromatic rings. The molecule has 2 bridgehead atoms. The number of halogens is 1. The van der Waals surface area contributed by atoms with Gasteiger partial charge in [0, 0.05) is 17.5 Å². The number of anilines is 1. The number of fused-ring (bicyclic) bond motifs is 3. The number of nitrogens with zero attached hydrogens (tertiary/aromatic N) is 3. The molecule has 5 atom stereocenters. The maximum absolute atomic E-state index is 6.95. The quantitative estimate of drug-likeness (QED) is 0.483. The van der Waals surface area contributed by atoms with Crippen molar-refractivity contribution < 1.29 is 0 Å². The van der Waals surface area contributed by atoms with E-state index in [9.17, 15) is 0 Å². The van der Waals surface area contributed by atoms with Crippen molar-refractivity contribution in [3.8, 4) is 0 Å². The average Bonchev–Trinajstić information content (AvgIpc) is 3.52. The van der Waals surface area contributed by atoms with Gasteiger partial charge in [-0.05, 0) is 62.3 Å². The Hall–Kier alpha value is -1.94. The summed E-state index contributed by atoms with van der Waals surface area (Å²) < 4.78 is 1.03. The molecule has 0 radical (unpaired) electrons. The number of hydrogen-bond donors (Lipinski definition) is 5. The van der Waals surface area contributed by atoms with Crippen LogP contribution in [0.25, 0.3) is 10.2 Å². The first kappa shape index (κ1) is 19.7. The first-order valence-electron chi connectivity index (χ1n) is 11.1. The monoisotopic (exact) mass is 458 g/mol. The van der Waals surface area contributed by atoms with Crippen LogP contribution in [-0.2, 0) is 0 Å². The highest BCUT2D eigenvalue weighted by molar-refractivity contribution is 7.22. The molecule has 6 rings (SSSR count). The number of nitrogens with one attached hydrogen (secondary N) is 4. The summed E-state index contributed by atoms with van der Waals surface area (Å²) in [7, 11) is 0. The van der Waals surface area contributed by atoms with Gasteiger partial charge >= 0.3 is 0 Å². The van der Waals surface area contributed by atoms with E-state index in [0.717, 1.165) is 47.2 Å². The molecule has 2 aliphatic heterocycles. The first-order chi connectivity index (χ1) is 15.0. The summed E-state index contributed by atoms with van der Waals surface area (Å²) in [5.41, 5.74) is 7.85. The van der Waals surface area contributed by atoms with Crippen molar-refractivity contribution in [1.82, 2.24) is 20.9 Å². The lowest BCUT2D eigenvalue weighted by molar-refractivity contribution is 0.174. The van der Waals surface area contributed by atoms with E-state index in [4.69, 9.17) is 27.3 Å². The van der Waals surface area contributed by atoms with Crippen LogP contribution in [0.4, 0.5) is 5.13 Å². The van der Waals surface area contributed by atoms with Crippen LogP contribution >= 0.6 is 22.9 Å². The van der Waals surface area contributed by atoms with Gasteiger partial charge in [-0.2, -0.15) is 0 Å². The second-order valence-corrected chi connectivity index (χ2v) is 10.7. The van der Waals surface area contributed by atoms with Crippen molar-refractivity contribution in [2.45, 2.75) is 43.9 Å². The second kappa shape index (κ2) is 7.58. The third kappa shape index (κ3) is 3.77. The van der Waals surface area contributed by atoms with Crippen LogP contribution in [0.2, 0.25) is 5.02 Å². The van der Waals surface area contributed by atoms with Crippen molar-refractivity contribution in [2.24, 2.45) is 33.5 Å². The van der Waals surface area contributed by atoms with Crippen molar-refractivity contribution >= 4 is 50.2 Å². The zero-order valence-corrected chi connectivity index (χ0v) is 18.8. The normalized spacial score (nSPS) is 35.9. The number of nitrogens with two attached hydrogens (primary N) is 1. The number of aromatic nitrogens is 1. The number of benzene rings is 1. The van der Waals surface area contributed by atoms with Gasteiger partial charge in [-0.3, -0.25) is 11.1 Å². The molecule has 4 aliphatic rings. The fourth-order valence-electron chi connectivity index (χ4n) is 5.64. The molecule has 3 fully saturated rings. The Bertz CT molecular complexity index is 1060. The smallest absolute Gasteiger partial charge is 0.207 e. The zero-order valence-electron chi connectivity index (χ0n) is 17.2. The Morgan fingerprint density at radius 3 is 2.97 bits per heavy atom. The zero-order chi connectivity index (χ0) is 21.0. The molecule has 1 aromatic carbocycles. The van der Waals surface area contributed by atoms with Crippen LogP contribution in [0.5, 0.6) is 0 Å². The van der Waals surface area contributed by atoms with Gasteiger partial charge in [0.25, 0.3) is 0 Å². The molecular weight excluding hydrogens is 432 g/mol. The van der Waals surface area contributed by atoms with Gasteiger partial charge in [0.05, 0.1) is 16.3 Å². The summed E-state index contributed by atoms with van der Waals surface area (Å²) in [4.78, 5) is 14.5. The molecular formula is C21H27ClN8S. The average molecular weight is 459 g/mol. The second-order valence-electron chi connectivity index (χ2n) is 9.20. The van der Waals surface area contributed by atoms with Gasteiger partial charge in [-0.1, -0.05) is 29.4 Å². The summed E-state index contributed by atoms with van der Waals surface area (Å²) in [6, 6.07) is 5.95. The van der Waals surface area contributed by atoms with E-state index in [1.165, 1.54) is 19.3 Å². The van der Waals surface area contributed by atoms with Crippen molar-refractivity contribution in [2.75, 3.05) is 18.4 Å². The molecule has 1 aromatic heterocycles. The topological polar surface area (TPSA) is 112 Å². The fourth-order valence-corrected chi connectivity index (χ4v) is 6.78. The molecule has 0 spiro atoms. The van der Waals surface area contributed by atoms with Gasteiger partial charge < -0.3 is 16.0 Å². The van der Waals surface area contributed by atoms with Crippen molar-refractivity contribution in [3.05, 3.63) is 23.2 Å². The summed E-state index contributed by atoms with van der Waals surface area (Å²) in [5.74, 6) is 2.15. The third-order valence-corrected chi connectivity index (χ3v) is 8.25. The lowest BCUT2D eigenvalue weighted by Crippen LogP contribution is -2.68. The number of guanidine groups is 2. The van der Waals surface area contributed by atoms with E-state index < -0.39 is 5.79 Å². The van der Waals surface area contributed by atoms with E-state index in [-0.39, 0.29) is 6.04 Å². The van der Waals surface area contributed by atoms with Crippen molar-refractivity contribution in [1.29, 1.82) is 0 Å². The van der Waals surface area contributed by atoms with E-state index in [1.807, 2.05) is 18.2 Å². The van der Waals surface area contributed by atoms with E-state index in [0.29, 0.717) is 28.8 Å². The molecule has 2 saturated carbocycles. The molecule has 0 amide bonds. The van der Waals surface area contributed by atoms with Gasteiger partial charge in [0.15, 0.2) is 10.9 Å². The minimum absolute atomic E-state index is 0.239. The summed E-state index contributed by atoms with van der Waals surface area (Å²) >= 11 is 7.68. The lowest BCUT2D eigenvalue weighted by Gasteiger charge is -2.41. The molecule has 10 heteroatoms. The standard InChI is InChI=1S/C21H27ClN8S/c22-13-3-4-16-17(9-13)31-20(26-16)28-19-27-18(25-14-5-6-24-10-14)29-21(23,30-19)15-8-11-1-2-12(15)7-11/h3-4,9,11-12,14-15,24H,1-2,5-8,10,23H2,(H3,25,26,27,28,29,30). The first-order valence-corrected chi connectivity index (χ1v) is 12.3. The highest BCUT2D eigenvalue weighted by Gasteiger charge is 2.51. The van der Waals surface area contributed by atoms with E-state index in [1.54, 1.807) is 11.3 Å². The SMILES string of the molecule is NC1(C2CC3CCC2C3)N=C(Nc2nc3ccc(Cl)cc3s2)NC(=NC2CCNC2)N1. The van der Waals surface area contributed by atoms with Crippen LogP contribution in [0.15, 0.2) is 28.2 Å². The molecule has 6 N–H and O–H groups in total. The Morgan fingerprint density at radius 1 is 1.26 bits per heavy atom. The number of rotatable bonds is 3. The fraction of sp³-hybridized carbons (Fsp3) is 0.571. The summed E-state index contributed by atoms with van der Waals surface area (Å²) in [6.45, 7) is 1.88. The largest absolute Gasteiger partial charge is 0.319 e. The summed E-state index contributed by atoms with van der Waals surface area (Å²) in [6.07, 6.45) is 6.00. The summed E-state index contributed by atoms with van der Waals surface area (Å²) in [5, 5.41) is 15.0. The molecule has 3 heterocycles. The van der Waals surface area contributed by atoms with Crippen LogP contribution in [0, 0.1) is 17.8 Å². The van der Waals surface area contributed by atoms with Gasteiger partial charge in [-0.15, -0.1) is 0 Å². The minimum Gasteiger partial charge on any atom is -0.319 e. The predicted molar refractivity (Wildman–Crippen MR) is 127 cm³/mol. The van der Waals surface area contributed by atoms with Crippen LogP contribution < -0.4 is 27.0 Å². The highest BCUT2D eigenvalue weighted by atomic mass is 35.5. The Balaban J connectivity index is 1.31. The van der Waals surface area contributed by atoms with Gasteiger partial charge in [-0.25, -0.2) is 15.0 Å². The molecule has 31 heavy (non-hydrogen) atoms. The minimum atomic E-state index is -0.863. The molecule has 1 saturated heterocycles. The number of aliphatic imine (C=N–C) groups is 2. The third-order valence-electron chi connectivity index (χ3n) is 7.08. The van der Waals surface area contributed by atoms with Gasteiger partial charge in [0.1, 0.15) is 0 Å². The van der Waals surface area contributed by atoms with E-state index in [2.05, 4.69) is 26.3 Å². The molecule has 2 aliphatic carbocycles. The van der Waals surface area contributed by atoms with Crippen LogP contribution in [-0.4, -0.2) is 41.8 Å². The molecule has 164 valence electrons. The maximum Gasteiger partial charge on any atom is 0.207 e. The number of hydrogen-bond acceptors (Lipinski definition) is 7. The van der Waals surface area contributed by atoms with Crippen LogP contribution in [0.3, 0.4) is 0 Å². The molecule has 5 unspecified atom stereocenters. The Kier molecular flexibility index (Phi) is 4.82. The van der Waals surface area contributed by atoms with E-state index >= 15 is 0 Å². The van der Waals surface area contributed by atoms with Gasteiger partial charge in [0.2, 0.25) is 11.9 Å². The number of thiazole rings is 1. The maximum atomic E-state index is 6.95. The molecule has 8 nitrogen and oxygen atoms in total. The predicted octanol–water partition coefficient (Wildman–Crippen LogP) is 2.68. The lowest BCUT2D eigenvalue weighted by atomic mass is 9.83. The Morgan fingerprint density at radius 2 is 2.19 bits per heavy atom. The highest BCUT2D eigenvalue weighted by Crippen LogP contribution is 2.51. The Labute approximate surface area is 190 Å². The van der Waals surface area contributed by atoms with Crippen molar-refractivity contribution in [3.63, 3.8) is 0 Å². The van der Waals surface area contributed by atoms with Crippen LogP contribution in [0.1, 0.15) is 32.1 Å².